The summed E-state index contributed by atoms with van der Waals surface area (Å²) >= 11 is 0. The number of hydrogen-bond donors (Lipinski definition) is 0. The Labute approximate surface area is 182 Å². The molecule has 0 bridgehead atoms. The van der Waals surface area contributed by atoms with Crippen molar-refractivity contribution >= 4 is 15.1 Å². The maximum atomic E-state index is 13.2. The van der Waals surface area contributed by atoms with Crippen molar-refractivity contribution in [3.8, 4) is 0 Å². The Balaban J connectivity index is 1.47. The lowest BCUT2D eigenvalue weighted by Gasteiger charge is -2.30. The first-order chi connectivity index (χ1) is 15.0. The highest BCUT2D eigenvalue weighted by molar-refractivity contribution is 8.05. The van der Waals surface area contributed by atoms with Crippen molar-refractivity contribution < 1.29 is 17.9 Å². The van der Waals surface area contributed by atoms with E-state index in [0.29, 0.717) is 6.42 Å². The van der Waals surface area contributed by atoms with E-state index in [-0.39, 0.29) is 12.5 Å². The third-order valence-corrected chi connectivity index (χ3v) is 7.63. The van der Waals surface area contributed by atoms with Crippen LogP contribution in [0.4, 0.5) is 4.79 Å². The molecule has 1 aliphatic rings. The normalized spacial score (nSPS) is 18.3. The van der Waals surface area contributed by atoms with Crippen molar-refractivity contribution in [1.29, 1.82) is 0 Å². The van der Waals surface area contributed by atoms with Crippen molar-refractivity contribution in [3.63, 3.8) is 0 Å². The number of carbonyl (C=O) groups is 1. The van der Waals surface area contributed by atoms with Gasteiger partial charge in [-0.05, 0) is 48.3 Å². The zero-order valence-electron chi connectivity index (χ0n) is 17.3. The summed E-state index contributed by atoms with van der Waals surface area (Å²) in [5.74, 6) is 0.195. The molecule has 0 amide bonds. The molecule has 6 nitrogen and oxygen atoms in total. The second-order valence-corrected chi connectivity index (χ2v) is 10.00. The van der Waals surface area contributed by atoms with Crippen molar-refractivity contribution in [2.24, 2.45) is 5.92 Å². The van der Waals surface area contributed by atoms with E-state index in [2.05, 4.69) is 4.98 Å². The van der Waals surface area contributed by atoms with Gasteiger partial charge in [-0.15, -0.1) is 0 Å². The molecule has 2 aromatic carbocycles. The minimum atomic E-state index is -4.12. The SMILES string of the molecule is O=C(OCc1ccccc1)S(=O)(=O)C1C[C@H](CCCn2ccnc2)Cc2ccccc21. The molecule has 1 unspecified atom stereocenters. The van der Waals surface area contributed by atoms with E-state index in [1.165, 1.54) is 0 Å². The predicted molar refractivity (Wildman–Crippen MR) is 118 cm³/mol. The Bertz CT molecular complexity index is 1110. The molecule has 31 heavy (non-hydrogen) atoms. The van der Waals surface area contributed by atoms with Gasteiger partial charge in [0.1, 0.15) is 6.61 Å². The summed E-state index contributed by atoms with van der Waals surface area (Å²) in [5, 5.41) is -2.01. The molecule has 0 spiro atoms. The van der Waals surface area contributed by atoms with E-state index in [1.807, 2.05) is 53.2 Å². The molecule has 2 atom stereocenters. The Kier molecular flexibility index (Phi) is 6.51. The van der Waals surface area contributed by atoms with Gasteiger partial charge in [-0.25, -0.2) is 18.2 Å². The molecule has 1 aromatic heterocycles. The molecular weight excluding hydrogens is 412 g/mol. The fourth-order valence-corrected chi connectivity index (χ4v) is 5.81. The first kappa shape index (κ1) is 21.3. The van der Waals surface area contributed by atoms with Crippen LogP contribution in [0.2, 0.25) is 0 Å². The molecular formula is C24H26N2O4S. The predicted octanol–water partition coefficient (Wildman–Crippen LogP) is 4.72. The van der Waals surface area contributed by atoms with E-state index < -0.39 is 20.4 Å². The van der Waals surface area contributed by atoms with E-state index in [9.17, 15) is 13.2 Å². The maximum Gasteiger partial charge on any atom is 0.425 e. The molecule has 0 aliphatic heterocycles. The van der Waals surface area contributed by atoms with Crippen LogP contribution in [0.15, 0.2) is 73.3 Å². The number of aromatic nitrogens is 2. The van der Waals surface area contributed by atoms with Crippen LogP contribution in [0.1, 0.15) is 41.2 Å². The molecule has 7 heteroatoms. The number of sulfone groups is 1. The van der Waals surface area contributed by atoms with E-state index in [1.54, 1.807) is 24.7 Å². The second-order valence-electron chi connectivity index (χ2n) is 8.01. The molecule has 4 rings (SSSR count). The highest BCUT2D eigenvalue weighted by Gasteiger charge is 2.40. The van der Waals surface area contributed by atoms with Crippen LogP contribution in [-0.2, 0) is 34.1 Å². The minimum Gasteiger partial charge on any atom is -0.449 e. The summed E-state index contributed by atoms with van der Waals surface area (Å²) in [7, 11) is -4.12. The number of ether oxygens (including phenoxy) is 1. The van der Waals surface area contributed by atoms with Crippen molar-refractivity contribution in [3.05, 3.63) is 90.0 Å². The summed E-state index contributed by atoms with van der Waals surface area (Å²) in [4.78, 5) is 16.7. The molecule has 0 N–H and O–H groups in total. The zero-order chi connectivity index (χ0) is 21.7. The van der Waals surface area contributed by atoms with Crippen LogP contribution < -0.4 is 0 Å². The van der Waals surface area contributed by atoms with Crippen LogP contribution >= 0.6 is 0 Å². The summed E-state index contributed by atoms with van der Waals surface area (Å²) in [5.41, 5.74) is 2.49. The maximum absolute atomic E-state index is 13.2. The van der Waals surface area contributed by atoms with Gasteiger partial charge >= 0.3 is 5.30 Å². The number of hydrogen-bond acceptors (Lipinski definition) is 5. The van der Waals surface area contributed by atoms with Crippen molar-refractivity contribution in [2.75, 3.05) is 0 Å². The third-order valence-electron chi connectivity index (χ3n) is 5.85. The highest BCUT2D eigenvalue weighted by Crippen LogP contribution is 2.41. The number of rotatable bonds is 7. The number of benzene rings is 2. The molecule has 162 valence electrons. The smallest absolute Gasteiger partial charge is 0.425 e. The third kappa shape index (κ3) is 5.05. The number of imidazole rings is 1. The fraction of sp³-hybridized carbons (Fsp3) is 0.333. The lowest BCUT2D eigenvalue weighted by molar-refractivity contribution is 0.165. The minimum absolute atomic E-state index is 0.0540. The molecule has 0 saturated carbocycles. The van der Waals surface area contributed by atoms with Gasteiger partial charge in [-0.2, -0.15) is 0 Å². The fourth-order valence-electron chi connectivity index (χ4n) is 4.27. The standard InChI is InChI=1S/C24H26N2O4S/c27-24(30-17-19-7-2-1-3-8-19)31(28,29)23-16-20(9-6-13-26-14-12-25-18-26)15-21-10-4-5-11-22(21)23/h1-5,7-8,10-12,14,18,20,23H,6,9,13,15-17H2/t20-,23?/m1/s1. The van der Waals surface area contributed by atoms with E-state index in [4.69, 9.17) is 4.74 Å². The van der Waals surface area contributed by atoms with E-state index in [0.717, 1.165) is 42.5 Å². The van der Waals surface area contributed by atoms with Gasteiger partial charge in [-0.1, -0.05) is 54.6 Å². The van der Waals surface area contributed by atoms with Gasteiger partial charge in [0.05, 0.1) is 11.6 Å². The summed E-state index contributed by atoms with van der Waals surface area (Å²) in [6.07, 6.45) is 8.53. The van der Waals surface area contributed by atoms with E-state index >= 15 is 0 Å². The van der Waals surface area contributed by atoms with Crippen LogP contribution in [0, 0.1) is 5.92 Å². The molecule has 0 fully saturated rings. The van der Waals surface area contributed by atoms with Crippen LogP contribution in [-0.4, -0.2) is 23.3 Å². The quantitative estimate of drug-likeness (QED) is 0.499. The first-order valence-electron chi connectivity index (χ1n) is 10.5. The molecule has 1 aliphatic carbocycles. The average Bonchev–Trinajstić information content (AvgIpc) is 3.31. The lowest BCUT2D eigenvalue weighted by atomic mass is 9.81. The lowest BCUT2D eigenvalue weighted by Crippen LogP contribution is -2.29. The van der Waals surface area contributed by atoms with Gasteiger partial charge in [0, 0.05) is 18.9 Å². The first-order valence-corrected chi connectivity index (χ1v) is 12.1. The summed E-state index contributed by atoms with van der Waals surface area (Å²) < 4.78 is 33.6. The largest absolute Gasteiger partial charge is 0.449 e. The van der Waals surface area contributed by atoms with Gasteiger partial charge in [-0.3, -0.25) is 0 Å². The Morgan fingerprint density at radius 3 is 2.65 bits per heavy atom. The monoisotopic (exact) mass is 438 g/mol. The summed E-state index contributed by atoms with van der Waals surface area (Å²) in [6.45, 7) is 0.788. The van der Waals surface area contributed by atoms with Crippen LogP contribution in [0.25, 0.3) is 0 Å². The number of carbonyl (C=O) groups excluding carboxylic acids is 1. The Hall–Kier alpha value is -2.93. The number of nitrogens with zero attached hydrogens (tertiary/aromatic N) is 2. The zero-order valence-corrected chi connectivity index (χ0v) is 18.1. The summed E-state index contributed by atoms with van der Waals surface area (Å²) in [6, 6.07) is 16.6. The average molecular weight is 439 g/mol. The number of aryl methyl sites for hydroxylation is 1. The molecule has 0 radical (unpaired) electrons. The highest BCUT2D eigenvalue weighted by atomic mass is 32.2. The topological polar surface area (TPSA) is 78.3 Å². The van der Waals surface area contributed by atoms with Gasteiger partial charge in [0.15, 0.2) is 0 Å². The van der Waals surface area contributed by atoms with Crippen LogP contribution in [0.3, 0.4) is 0 Å². The van der Waals surface area contributed by atoms with Gasteiger partial charge in [0.25, 0.3) is 9.84 Å². The Morgan fingerprint density at radius 1 is 1.10 bits per heavy atom. The Morgan fingerprint density at radius 2 is 1.87 bits per heavy atom. The number of fused-ring (bicyclic) bond motifs is 1. The van der Waals surface area contributed by atoms with Crippen molar-refractivity contribution in [1.82, 2.24) is 9.55 Å². The molecule has 0 saturated heterocycles. The van der Waals surface area contributed by atoms with Crippen LogP contribution in [0.5, 0.6) is 0 Å². The van der Waals surface area contributed by atoms with Crippen molar-refractivity contribution in [2.45, 2.75) is 44.1 Å². The second kappa shape index (κ2) is 9.47. The van der Waals surface area contributed by atoms with Gasteiger partial charge < -0.3 is 9.30 Å². The molecule has 1 heterocycles. The molecule has 3 aromatic rings. The van der Waals surface area contributed by atoms with Gasteiger partial charge in [0.2, 0.25) is 0 Å².